The number of piperidine rings is 1. The molecule has 4 rings (SSSR count). The highest BCUT2D eigenvalue weighted by molar-refractivity contribution is 5.99. The lowest BCUT2D eigenvalue weighted by molar-refractivity contribution is -0.0221. The van der Waals surface area contributed by atoms with Crippen LogP contribution < -0.4 is 10.2 Å². The number of amides is 1. The van der Waals surface area contributed by atoms with E-state index >= 15 is 0 Å². The van der Waals surface area contributed by atoms with Crippen molar-refractivity contribution in [1.29, 1.82) is 0 Å². The smallest absolute Gasteiger partial charge is 0.255 e. The van der Waals surface area contributed by atoms with Crippen LogP contribution in [0.2, 0.25) is 0 Å². The minimum absolute atomic E-state index is 0.00927. The van der Waals surface area contributed by atoms with Crippen LogP contribution in [-0.4, -0.2) is 46.3 Å². The Bertz CT molecular complexity index is 968. The number of alkyl halides is 2. The van der Waals surface area contributed by atoms with Crippen LogP contribution in [0.25, 0.3) is 0 Å². The molecule has 2 aliphatic rings. The maximum Gasteiger partial charge on any atom is 0.255 e. The van der Waals surface area contributed by atoms with E-state index in [0.717, 1.165) is 34.9 Å². The van der Waals surface area contributed by atoms with Gasteiger partial charge in [-0.15, -0.1) is 0 Å². The average Bonchev–Trinajstić information content (AvgIpc) is 3.03. The molecular weight excluding hydrogens is 400 g/mol. The molecule has 0 aromatic carbocycles. The second-order valence-electron chi connectivity index (χ2n) is 8.95. The highest BCUT2D eigenvalue weighted by atomic mass is 19.3. The molecule has 8 heteroatoms. The van der Waals surface area contributed by atoms with E-state index < -0.39 is 5.92 Å². The fourth-order valence-corrected chi connectivity index (χ4v) is 4.18. The van der Waals surface area contributed by atoms with Crippen molar-refractivity contribution in [2.24, 2.45) is 5.92 Å². The predicted molar refractivity (Wildman–Crippen MR) is 117 cm³/mol. The van der Waals surface area contributed by atoms with Crippen LogP contribution in [-0.2, 0) is 13.1 Å². The summed E-state index contributed by atoms with van der Waals surface area (Å²) < 4.78 is 26.9. The third-order valence-electron chi connectivity index (χ3n) is 5.88. The van der Waals surface area contributed by atoms with Gasteiger partial charge in [-0.1, -0.05) is 13.8 Å². The molecule has 1 amide bonds. The van der Waals surface area contributed by atoms with Crippen molar-refractivity contribution < 1.29 is 13.6 Å². The van der Waals surface area contributed by atoms with E-state index in [1.165, 1.54) is 0 Å². The van der Waals surface area contributed by atoms with Gasteiger partial charge in [0.15, 0.2) is 0 Å². The summed E-state index contributed by atoms with van der Waals surface area (Å²) in [4.78, 5) is 25.6. The van der Waals surface area contributed by atoms with Gasteiger partial charge < -0.3 is 15.1 Å². The molecule has 2 aromatic rings. The zero-order valence-electron chi connectivity index (χ0n) is 18.3. The highest BCUT2D eigenvalue weighted by Crippen LogP contribution is 2.32. The Labute approximate surface area is 181 Å². The Morgan fingerprint density at radius 2 is 1.97 bits per heavy atom. The quantitative estimate of drug-likeness (QED) is 0.744. The first-order valence-corrected chi connectivity index (χ1v) is 10.8. The largest absolute Gasteiger partial charge is 0.370 e. The summed E-state index contributed by atoms with van der Waals surface area (Å²) >= 11 is 0. The molecule has 4 heterocycles. The van der Waals surface area contributed by atoms with Gasteiger partial charge >= 0.3 is 0 Å². The number of aryl methyl sites for hydroxylation is 1. The zero-order chi connectivity index (χ0) is 22.2. The maximum atomic E-state index is 13.5. The van der Waals surface area contributed by atoms with E-state index in [9.17, 15) is 13.6 Å². The molecule has 2 aliphatic heterocycles. The number of nitrogens with zero attached hydrogens (tertiary/aromatic N) is 4. The Hall–Kier alpha value is -2.77. The van der Waals surface area contributed by atoms with Crippen molar-refractivity contribution in [3.05, 3.63) is 46.8 Å². The van der Waals surface area contributed by atoms with Gasteiger partial charge in [-0.05, 0) is 36.1 Å². The zero-order valence-corrected chi connectivity index (χ0v) is 18.3. The fraction of sp³-hybridized carbons (Fsp3) is 0.522. The number of carbonyl (C=O) groups is 1. The molecule has 6 nitrogen and oxygen atoms in total. The SMILES string of the molecule is Cc1cc(CN2Cc3c(ccnc3NCC(C)C)C2=O)cnc1N1CCC(F)(F)CC1. The van der Waals surface area contributed by atoms with Gasteiger partial charge in [-0.3, -0.25) is 4.79 Å². The highest BCUT2D eigenvalue weighted by Gasteiger charge is 2.35. The Morgan fingerprint density at radius 1 is 1.23 bits per heavy atom. The number of pyridine rings is 2. The molecule has 2 aromatic heterocycles. The average molecular weight is 430 g/mol. The molecule has 0 aliphatic carbocycles. The lowest BCUT2D eigenvalue weighted by Crippen LogP contribution is -2.40. The number of halogens is 2. The molecule has 0 saturated carbocycles. The summed E-state index contributed by atoms with van der Waals surface area (Å²) in [6.07, 6.45) is 3.14. The van der Waals surface area contributed by atoms with Gasteiger partial charge in [0.2, 0.25) is 0 Å². The number of anilines is 2. The number of carbonyl (C=O) groups excluding carboxylic acids is 1. The van der Waals surface area contributed by atoms with Crippen molar-refractivity contribution >= 4 is 17.5 Å². The molecule has 1 saturated heterocycles. The van der Waals surface area contributed by atoms with Crippen LogP contribution >= 0.6 is 0 Å². The first-order chi connectivity index (χ1) is 14.7. The van der Waals surface area contributed by atoms with Gasteiger partial charge in [-0.25, -0.2) is 18.7 Å². The number of hydrogen-bond donors (Lipinski definition) is 1. The molecule has 1 fully saturated rings. The van der Waals surface area contributed by atoms with Gasteiger partial charge in [0, 0.05) is 62.5 Å². The minimum Gasteiger partial charge on any atom is -0.370 e. The molecule has 0 unspecified atom stereocenters. The fourth-order valence-electron chi connectivity index (χ4n) is 4.18. The summed E-state index contributed by atoms with van der Waals surface area (Å²) in [5.74, 6) is -0.587. The van der Waals surface area contributed by atoms with Crippen LogP contribution in [0.5, 0.6) is 0 Å². The van der Waals surface area contributed by atoms with Crippen molar-refractivity contribution in [2.75, 3.05) is 29.9 Å². The normalized spacial score (nSPS) is 17.9. The molecule has 0 radical (unpaired) electrons. The van der Waals surface area contributed by atoms with Crippen LogP contribution in [0, 0.1) is 12.8 Å². The van der Waals surface area contributed by atoms with Gasteiger partial charge in [0.05, 0.1) is 6.54 Å². The predicted octanol–water partition coefficient (Wildman–Crippen LogP) is 4.24. The third-order valence-corrected chi connectivity index (χ3v) is 5.88. The number of hydrogen-bond acceptors (Lipinski definition) is 5. The lowest BCUT2D eigenvalue weighted by atomic mass is 10.1. The summed E-state index contributed by atoms with van der Waals surface area (Å²) in [7, 11) is 0. The molecule has 1 N–H and O–H groups in total. The van der Waals surface area contributed by atoms with E-state index in [0.29, 0.717) is 37.7 Å². The number of aromatic nitrogens is 2. The van der Waals surface area contributed by atoms with E-state index in [2.05, 4.69) is 29.1 Å². The first-order valence-electron chi connectivity index (χ1n) is 10.8. The minimum atomic E-state index is -2.58. The Morgan fingerprint density at radius 3 is 2.65 bits per heavy atom. The van der Waals surface area contributed by atoms with Crippen LogP contribution in [0.3, 0.4) is 0 Å². The summed E-state index contributed by atoms with van der Waals surface area (Å²) in [5.41, 5.74) is 3.49. The Kier molecular flexibility index (Phi) is 5.81. The molecule has 0 bridgehead atoms. The first kappa shape index (κ1) is 21.5. The number of nitrogens with one attached hydrogen (secondary N) is 1. The summed E-state index contributed by atoms with van der Waals surface area (Å²) in [6.45, 7) is 8.55. The topological polar surface area (TPSA) is 61.4 Å². The monoisotopic (exact) mass is 429 g/mol. The van der Waals surface area contributed by atoms with Crippen molar-refractivity contribution in [2.45, 2.75) is 52.6 Å². The number of fused-ring (bicyclic) bond motifs is 1. The third kappa shape index (κ3) is 4.62. The van der Waals surface area contributed by atoms with Crippen LogP contribution in [0.1, 0.15) is 53.7 Å². The summed E-state index contributed by atoms with van der Waals surface area (Å²) in [6, 6.07) is 3.78. The van der Waals surface area contributed by atoms with E-state index in [1.54, 1.807) is 23.4 Å². The number of rotatable bonds is 6. The van der Waals surface area contributed by atoms with Crippen molar-refractivity contribution in [1.82, 2.24) is 14.9 Å². The van der Waals surface area contributed by atoms with Crippen LogP contribution in [0.4, 0.5) is 20.4 Å². The molecule has 0 spiro atoms. The lowest BCUT2D eigenvalue weighted by Gasteiger charge is -2.33. The molecule has 31 heavy (non-hydrogen) atoms. The second-order valence-corrected chi connectivity index (χ2v) is 8.95. The standard InChI is InChI=1S/C23H29F2N5O/c1-15(2)11-27-20-19-14-30(22(31)18(19)4-7-26-20)13-17-10-16(3)21(28-12-17)29-8-5-23(24,25)6-9-29/h4,7,10,12,15H,5-6,8-9,11,13-14H2,1-3H3,(H,26,27). The van der Waals surface area contributed by atoms with Gasteiger partial charge in [0.25, 0.3) is 11.8 Å². The van der Waals surface area contributed by atoms with Crippen molar-refractivity contribution in [3.63, 3.8) is 0 Å². The van der Waals surface area contributed by atoms with E-state index in [4.69, 9.17) is 0 Å². The van der Waals surface area contributed by atoms with Crippen molar-refractivity contribution in [3.8, 4) is 0 Å². The molecule has 166 valence electrons. The Balaban J connectivity index is 1.45. The van der Waals surface area contributed by atoms with Gasteiger partial charge in [0.1, 0.15) is 11.6 Å². The molecule has 0 atom stereocenters. The summed E-state index contributed by atoms with van der Waals surface area (Å²) in [5, 5.41) is 3.35. The second kappa shape index (κ2) is 8.40. The maximum absolute atomic E-state index is 13.5. The van der Waals surface area contributed by atoms with E-state index in [-0.39, 0.29) is 18.7 Å². The van der Waals surface area contributed by atoms with Crippen LogP contribution in [0.15, 0.2) is 24.5 Å². The molecular formula is C23H29F2N5O. The van der Waals surface area contributed by atoms with Gasteiger partial charge in [-0.2, -0.15) is 0 Å². The van der Waals surface area contributed by atoms with E-state index in [1.807, 2.05) is 17.9 Å².